The second kappa shape index (κ2) is 7.32. The molecule has 0 aliphatic carbocycles. The van der Waals surface area contributed by atoms with Crippen LogP contribution in [0.15, 0.2) is 6.20 Å². The molecular formula is C11H11BrF2INO2. The first-order valence-electron chi connectivity index (χ1n) is 5.17. The molecule has 0 saturated heterocycles. The number of carbonyl (C=O) groups excluding carboxylic acids is 1. The number of pyridine rings is 1. The number of nitrogens with zero attached hydrogens (tertiary/aromatic N) is 1. The van der Waals surface area contributed by atoms with Crippen molar-refractivity contribution in [3.63, 3.8) is 0 Å². The first-order chi connectivity index (χ1) is 8.51. The largest absolute Gasteiger partial charge is 0.466 e. The Bertz CT molecular complexity index is 443. The van der Waals surface area contributed by atoms with Gasteiger partial charge in [-0.3, -0.25) is 9.78 Å². The van der Waals surface area contributed by atoms with Gasteiger partial charge in [0.15, 0.2) is 0 Å². The van der Waals surface area contributed by atoms with E-state index < -0.39 is 12.4 Å². The fraction of sp³-hybridized carbons (Fsp3) is 0.455. The minimum Gasteiger partial charge on any atom is -0.466 e. The van der Waals surface area contributed by atoms with E-state index in [0.29, 0.717) is 20.2 Å². The van der Waals surface area contributed by atoms with Crippen molar-refractivity contribution in [3.05, 3.63) is 26.6 Å². The molecule has 0 aliphatic rings. The minimum absolute atomic E-state index is 0.158. The van der Waals surface area contributed by atoms with Crippen LogP contribution in [0.4, 0.5) is 8.78 Å². The van der Waals surface area contributed by atoms with Crippen LogP contribution in [0.25, 0.3) is 0 Å². The van der Waals surface area contributed by atoms with Gasteiger partial charge in [-0.15, -0.1) is 0 Å². The number of carbonyl (C=O) groups is 1. The summed E-state index contributed by atoms with van der Waals surface area (Å²) in [6.45, 7) is 1.91. The van der Waals surface area contributed by atoms with Gasteiger partial charge in [0.1, 0.15) is 0 Å². The standard InChI is InChI=1S/C11H11BrF2INO2/c1-2-18-9(17)3-6-7(11(13)14)5-16-8(4-12)10(6)15/h5,11H,2-4H2,1H3. The van der Waals surface area contributed by atoms with Gasteiger partial charge in [0, 0.05) is 20.7 Å². The molecule has 1 rings (SSSR count). The first kappa shape index (κ1) is 15.7. The molecule has 0 N–H and O–H groups in total. The molecule has 0 aliphatic heterocycles. The van der Waals surface area contributed by atoms with Gasteiger partial charge >= 0.3 is 5.97 Å². The fourth-order valence-electron chi connectivity index (χ4n) is 1.40. The Hall–Kier alpha value is -0.310. The summed E-state index contributed by atoms with van der Waals surface area (Å²) >= 11 is 5.16. The van der Waals surface area contributed by atoms with E-state index in [2.05, 4.69) is 20.9 Å². The molecule has 0 atom stereocenters. The molecule has 1 aromatic rings. The van der Waals surface area contributed by atoms with Crippen LogP contribution in [0.1, 0.15) is 30.2 Å². The number of aromatic nitrogens is 1. The highest BCUT2D eigenvalue weighted by molar-refractivity contribution is 14.1. The van der Waals surface area contributed by atoms with Crippen LogP contribution in [0.3, 0.4) is 0 Å². The summed E-state index contributed by atoms with van der Waals surface area (Å²) in [4.78, 5) is 15.4. The van der Waals surface area contributed by atoms with Crippen molar-refractivity contribution in [1.29, 1.82) is 0 Å². The lowest BCUT2D eigenvalue weighted by Crippen LogP contribution is -2.12. The van der Waals surface area contributed by atoms with Gasteiger partial charge in [-0.05, 0) is 35.1 Å². The monoisotopic (exact) mass is 433 g/mol. The number of ether oxygens (including phenoxy) is 1. The molecule has 0 bridgehead atoms. The minimum atomic E-state index is -2.65. The van der Waals surface area contributed by atoms with Crippen molar-refractivity contribution in [2.75, 3.05) is 6.61 Å². The molecule has 0 radical (unpaired) electrons. The zero-order valence-electron chi connectivity index (χ0n) is 9.55. The van der Waals surface area contributed by atoms with Gasteiger partial charge in [-0.25, -0.2) is 8.78 Å². The highest BCUT2D eigenvalue weighted by atomic mass is 127. The first-order valence-corrected chi connectivity index (χ1v) is 7.37. The molecule has 7 heteroatoms. The summed E-state index contributed by atoms with van der Waals surface area (Å²) in [6.07, 6.45) is -1.69. The van der Waals surface area contributed by atoms with E-state index in [1.807, 2.05) is 22.6 Å². The second-order valence-electron chi connectivity index (χ2n) is 3.37. The van der Waals surface area contributed by atoms with Crippen LogP contribution in [-0.2, 0) is 21.3 Å². The number of esters is 1. The van der Waals surface area contributed by atoms with Gasteiger partial charge in [-0.1, -0.05) is 15.9 Å². The van der Waals surface area contributed by atoms with Crippen molar-refractivity contribution in [3.8, 4) is 0 Å². The van der Waals surface area contributed by atoms with E-state index in [4.69, 9.17) is 4.74 Å². The fourth-order valence-corrected chi connectivity index (χ4v) is 3.18. The average Bonchev–Trinajstić information content (AvgIpc) is 2.31. The lowest BCUT2D eigenvalue weighted by atomic mass is 10.1. The molecule has 0 aromatic carbocycles. The van der Waals surface area contributed by atoms with Crippen molar-refractivity contribution in [2.45, 2.75) is 25.1 Å². The molecule has 0 saturated carbocycles. The lowest BCUT2D eigenvalue weighted by molar-refractivity contribution is -0.142. The van der Waals surface area contributed by atoms with Crippen LogP contribution >= 0.6 is 38.5 Å². The molecule has 0 unspecified atom stereocenters. The Morgan fingerprint density at radius 1 is 1.61 bits per heavy atom. The van der Waals surface area contributed by atoms with Crippen LogP contribution in [0.2, 0.25) is 0 Å². The molecule has 0 fully saturated rings. The molecular weight excluding hydrogens is 423 g/mol. The molecule has 18 heavy (non-hydrogen) atoms. The van der Waals surface area contributed by atoms with Crippen LogP contribution in [-0.4, -0.2) is 17.6 Å². The predicted octanol–water partition coefficient (Wildman–Crippen LogP) is 3.62. The highest BCUT2D eigenvalue weighted by Gasteiger charge is 2.21. The van der Waals surface area contributed by atoms with Crippen molar-refractivity contribution in [1.82, 2.24) is 4.98 Å². The topological polar surface area (TPSA) is 39.2 Å². The Labute approximate surface area is 126 Å². The summed E-state index contributed by atoms with van der Waals surface area (Å²) in [7, 11) is 0. The maximum absolute atomic E-state index is 12.9. The third-order valence-corrected chi connectivity index (χ3v) is 4.02. The second-order valence-corrected chi connectivity index (χ2v) is 5.01. The van der Waals surface area contributed by atoms with Crippen molar-refractivity contribution >= 4 is 44.5 Å². The Morgan fingerprint density at radius 3 is 2.78 bits per heavy atom. The lowest BCUT2D eigenvalue weighted by Gasteiger charge is -2.12. The molecule has 100 valence electrons. The average molecular weight is 434 g/mol. The summed E-state index contributed by atoms with van der Waals surface area (Å²) in [6, 6.07) is 0. The Balaban J connectivity index is 3.15. The maximum atomic E-state index is 12.9. The number of halogens is 4. The predicted molar refractivity (Wildman–Crippen MR) is 74.9 cm³/mol. The van der Waals surface area contributed by atoms with E-state index in [1.165, 1.54) is 0 Å². The van der Waals surface area contributed by atoms with Gasteiger partial charge in [-0.2, -0.15) is 0 Å². The zero-order chi connectivity index (χ0) is 13.7. The molecule has 1 heterocycles. The number of alkyl halides is 3. The smallest absolute Gasteiger partial charge is 0.310 e. The number of hydrogen-bond acceptors (Lipinski definition) is 3. The van der Waals surface area contributed by atoms with E-state index in [1.54, 1.807) is 6.92 Å². The van der Waals surface area contributed by atoms with E-state index in [0.717, 1.165) is 6.20 Å². The van der Waals surface area contributed by atoms with Crippen molar-refractivity contribution < 1.29 is 18.3 Å². The highest BCUT2D eigenvalue weighted by Crippen LogP contribution is 2.28. The van der Waals surface area contributed by atoms with Crippen LogP contribution in [0, 0.1) is 3.57 Å². The zero-order valence-corrected chi connectivity index (χ0v) is 13.3. The SMILES string of the molecule is CCOC(=O)Cc1c(C(F)F)cnc(CBr)c1I. The number of hydrogen-bond donors (Lipinski definition) is 0. The normalized spacial score (nSPS) is 10.8. The Kier molecular flexibility index (Phi) is 6.40. The van der Waals surface area contributed by atoms with Gasteiger partial charge in [0.2, 0.25) is 0 Å². The van der Waals surface area contributed by atoms with Crippen molar-refractivity contribution in [2.24, 2.45) is 0 Å². The van der Waals surface area contributed by atoms with E-state index >= 15 is 0 Å². The molecule has 1 aromatic heterocycles. The third kappa shape index (κ3) is 3.84. The van der Waals surface area contributed by atoms with Gasteiger partial charge in [0.05, 0.1) is 18.7 Å². The summed E-state index contributed by atoms with van der Waals surface area (Å²) in [5.41, 5.74) is 0.727. The summed E-state index contributed by atoms with van der Waals surface area (Å²) in [5, 5.41) is 0.449. The van der Waals surface area contributed by atoms with Crippen LogP contribution < -0.4 is 0 Å². The van der Waals surface area contributed by atoms with Gasteiger partial charge in [0.25, 0.3) is 6.43 Å². The molecule has 0 amide bonds. The van der Waals surface area contributed by atoms with Gasteiger partial charge < -0.3 is 4.74 Å². The summed E-state index contributed by atoms with van der Waals surface area (Å²) < 4.78 is 31.1. The molecule has 3 nitrogen and oxygen atoms in total. The van der Waals surface area contributed by atoms with Crippen LogP contribution in [0.5, 0.6) is 0 Å². The van der Waals surface area contributed by atoms with E-state index in [-0.39, 0.29) is 18.6 Å². The number of rotatable bonds is 5. The quantitative estimate of drug-likeness (QED) is 0.404. The molecule has 0 spiro atoms. The summed E-state index contributed by atoms with van der Waals surface area (Å²) in [5.74, 6) is -0.510. The van der Waals surface area contributed by atoms with E-state index in [9.17, 15) is 13.6 Å². The third-order valence-electron chi connectivity index (χ3n) is 2.21. The maximum Gasteiger partial charge on any atom is 0.310 e. The Morgan fingerprint density at radius 2 is 2.28 bits per heavy atom.